The molecule has 0 saturated carbocycles. The molecule has 1 aromatic rings. The minimum atomic E-state index is -0.155. The summed E-state index contributed by atoms with van der Waals surface area (Å²) in [6, 6.07) is 6.58. The Hall–Kier alpha value is -1.06. The van der Waals surface area contributed by atoms with Crippen LogP contribution in [0.4, 0.5) is 5.69 Å². The van der Waals surface area contributed by atoms with E-state index in [4.69, 9.17) is 0 Å². The van der Waals surface area contributed by atoms with Crippen LogP contribution < -0.4 is 10.2 Å². The molecule has 0 aliphatic carbocycles. The fraction of sp³-hybridized carbons (Fsp3) is 0.647. The number of aliphatic hydroxyl groups excluding tert-OH is 1. The van der Waals surface area contributed by atoms with Crippen molar-refractivity contribution in [3.63, 3.8) is 0 Å². The summed E-state index contributed by atoms with van der Waals surface area (Å²) in [6.45, 7) is 10.5. The second kappa shape index (κ2) is 7.65. The number of anilines is 1. The molecule has 20 heavy (non-hydrogen) atoms. The van der Waals surface area contributed by atoms with Gasteiger partial charge in [0.1, 0.15) is 0 Å². The molecule has 0 spiro atoms. The Balaban J connectivity index is 2.53. The quantitative estimate of drug-likeness (QED) is 0.767. The van der Waals surface area contributed by atoms with E-state index in [0.29, 0.717) is 0 Å². The zero-order valence-electron chi connectivity index (χ0n) is 13.7. The third kappa shape index (κ3) is 4.80. The number of aryl methyl sites for hydroxylation is 2. The maximum Gasteiger partial charge on any atom is 0.0610 e. The van der Waals surface area contributed by atoms with Crippen LogP contribution in [0.15, 0.2) is 18.2 Å². The molecule has 3 nitrogen and oxygen atoms in total. The van der Waals surface area contributed by atoms with Crippen molar-refractivity contribution in [1.82, 2.24) is 5.32 Å². The minimum Gasteiger partial charge on any atom is -0.394 e. The highest BCUT2D eigenvalue weighted by atomic mass is 16.3. The molecule has 2 N–H and O–H groups in total. The van der Waals surface area contributed by atoms with Gasteiger partial charge in [0.25, 0.3) is 0 Å². The van der Waals surface area contributed by atoms with Crippen LogP contribution in [0.1, 0.15) is 37.8 Å². The molecule has 0 aromatic heterocycles. The Bertz CT molecular complexity index is 419. The highest BCUT2D eigenvalue weighted by Gasteiger charge is 2.21. The second-order valence-corrected chi connectivity index (χ2v) is 6.06. The maximum absolute atomic E-state index is 9.50. The van der Waals surface area contributed by atoms with Crippen LogP contribution in [0.2, 0.25) is 0 Å². The van der Waals surface area contributed by atoms with Crippen LogP contribution in [0.25, 0.3) is 0 Å². The molecule has 0 heterocycles. The lowest BCUT2D eigenvalue weighted by atomic mass is 9.96. The third-order valence-corrected chi connectivity index (χ3v) is 3.94. The van der Waals surface area contributed by atoms with Gasteiger partial charge in [0.05, 0.1) is 6.61 Å². The predicted molar refractivity (Wildman–Crippen MR) is 87.6 cm³/mol. The summed E-state index contributed by atoms with van der Waals surface area (Å²) in [5, 5.41) is 12.9. The molecule has 0 aliphatic heterocycles. The van der Waals surface area contributed by atoms with E-state index in [0.717, 1.165) is 25.9 Å². The Kier molecular flexibility index (Phi) is 6.50. The molecular formula is C17H30N2O. The summed E-state index contributed by atoms with van der Waals surface area (Å²) in [7, 11) is 2.14. The van der Waals surface area contributed by atoms with Gasteiger partial charge in [-0.05, 0) is 51.8 Å². The van der Waals surface area contributed by atoms with Crippen molar-refractivity contribution in [2.75, 3.05) is 31.6 Å². The molecule has 3 heteroatoms. The molecule has 0 radical (unpaired) electrons. The van der Waals surface area contributed by atoms with Crippen molar-refractivity contribution in [3.8, 4) is 0 Å². The van der Waals surface area contributed by atoms with Crippen molar-refractivity contribution >= 4 is 5.69 Å². The Morgan fingerprint density at radius 2 is 2.00 bits per heavy atom. The topological polar surface area (TPSA) is 35.5 Å². The number of hydrogen-bond acceptors (Lipinski definition) is 3. The summed E-state index contributed by atoms with van der Waals surface area (Å²) < 4.78 is 0. The van der Waals surface area contributed by atoms with E-state index in [9.17, 15) is 5.11 Å². The highest BCUT2D eigenvalue weighted by molar-refractivity contribution is 5.53. The molecule has 1 unspecified atom stereocenters. The van der Waals surface area contributed by atoms with Gasteiger partial charge in [-0.25, -0.2) is 0 Å². The minimum absolute atomic E-state index is 0.155. The first-order valence-electron chi connectivity index (χ1n) is 7.56. The zero-order chi connectivity index (χ0) is 15.2. The summed E-state index contributed by atoms with van der Waals surface area (Å²) in [4.78, 5) is 2.30. The molecule has 0 fully saturated rings. The van der Waals surface area contributed by atoms with Crippen molar-refractivity contribution in [2.45, 2.75) is 46.1 Å². The highest BCUT2D eigenvalue weighted by Crippen LogP contribution is 2.21. The number of rotatable bonds is 8. The van der Waals surface area contributed by atoms with E-state index >= 15 is 0 Å². The Labute approximate surface area is 124 Å². The number of hydrogen-bond donors (Lipinski definition) is 2. The van der Waals surface area contributed by atoms with E-state index in [-0.39, 0.29) is 12.1 Å². The van der Waals surface area contributed by atoms with Crippen LogP contribution in [-0.4, -0.2) is 37.4 Å². The zero-order valence-corrected chi connectivity index (χ0v) is 13.7. The van der Waals surface area contributed by atoms with Crippen LogP contribution in [0.5, 0.6) is 0 Å². The van der Waals surface area contributed by atoms with Crippen molar-refractivity contribution < 1.29 is 5.11 Å². The van der Waals surface area contributed by atoms with Crippen LogP contribution in [-0.2, 0) is 0 Å². The molecule has 0 amide bonds. The monoisotopic (exact) mass is 278 g/mol. The molecule has 0 bridgehead atoms. The van der Waals surface area contributed by atoms with Gasteiger partial charge in [0.2, 0.25) is 0 Å². The number of nitrogens with zero attached hydrogens (tertiary/aromatic N) is 1. The normalized spacial score (nSPS) is 14.1. The van der Waals surface area contributed by atoms with Crippen LogP contribution in [0, 0.1) is 13.8 Å². The second-order valence-electron chi connectivity index (χ2n) is 6.06. The average molecular weight is 278 g/mol. The lowest BCUT2D eigenvalue weighted by Crippen LogP contribution is -2.46. The standard InChI is InChI=1S/C17H30N2O/c1-6-18-17(4,13-20)10-7-11-19(5)16-9-8-14(2)12-15(16)3/h8-9,12,18,20H,6-7,10-11,13H2,1-5H3. The van der Waals surface area contributed by atoms with Gasteiger partial charge in [-0.2, -0.15) is 0 Å². The van der Waals surface area contributed by atoms with Gasteiger partial charge in [-0.15, -0.1) is 0 Å². The molecule has 1 aromatic carbocycles. The van der Waals surface area contributed by atoms with E-state index < -0.39 is 0 Å². The van der Waals surface area contributed by atoms with Gasteiger partial charge in [0.15, 0.2) is 0 Å². The van der Waals surface area contributed by atoms with E-state index in [2.05, 4.69) is 63.2 Å². The molecule has 1 rings (SSSR count). The fourth-order valence-electron chi connectivity index (χ4n) is 2.71. The molecule has 0 aliphatic rings. The predicted octanol–water partition coefficient (Wildman–Crippen LogP) is 2.88. The van der Waals surface area contributed by atoms with E-state index in [1.165, 1.54) is 16.8 Å². The summed E-state index contributed by atoms with van der Waals surface area (Å²) in [5.41, 5.74) is 3.77. The summed E-state index contributed by atoms with van der Waals surface area (Å²) in [6.07, 6.45) is 2.04. The number of aliphatic hydroxyl groups is 1. The number of benzene rings is 1. The first-order valence-corrected chi connectivity index (χ1v) is 7.56. The van der Waals surface area contributed by atoms with Crippen LogP contribution in [0.3, 0.4) is 0 Å². The van der Waals surface area contributed by atoms with E-state index in [1.807, 2.05) is 0 Å². The summed E-state index contributed by atoms with van der Waals surface area (Å²) in [5.74, 6) is 0. The van der Waals surface area contributed by atoms with Gasteiger partial charge in [0, 0.05) is 24.8 Å². The van der Waals surface area contributed by atoms with Crippen LogP contribution >= 0.6 is 0 Å². The molecule has 114 valence electrons. The number of likely N-dealkylation sites (N-methyl/N-ethyl adjacent to an activating group) is 1. The Morgan fingerprint density at radius 1 is 1.30 bits per heavy atom. The average Bonchev–Trinajstić information content (AvgIpc) is 2.38. The van der Waals surface area contributed by atoms with Crippen molar-refractivity contribution in [2.24, 2.45) is 0 Å². The first-order chi connectivity index (χ1) is 9.41. The Morgan fingerprint density at radius 3 is 2.55 bits per heavy atom. The lowest BCUT2D eigenvalue weighted by molar-refractivity contribution is 0.166. The van der Waals surface area contributed by atoms with Crippen molar-refractivity contribution in [1.29, 1.82) is 0 Å². The summed E-state index contributed by atoms with van der Waals surface area (Å²) >= 11 is 0. The van der Waals surface area contributed by atoms with Gasteiger partial charge < -0.3 is 15.3 Å². The van der Waals surface area contributed by atoms with E-state index in [1.54, 1.807) is 0 Å². The lowest BCUT2D eigenvalue weighted by Gasteiger charge is -2.30. The molecule has 0 saturated heterocycles. The van der Waals surface area contributed by atoms with Crippen molar-refractivity contribution in [3.05, 3.63) is 29.3 Å². The third-order valence-electron chi connectivity index (χ3n) is 3.94. The van der Waals surface area contributed by atoms with Gasteiger partial charge in [-0.3, -0.25) is 0 Å². The fourth-order valence-corrected chi connectivity index (χ4v) is 2.71. The largest absolute Gasteiger partial charge is 0.394 e. The SMILES string of the molecule is CCNC(C)(CO)CCCN(C)c1ccc(C)cc1C. The van der Waals surface area contributed by atoms with Gasteiger partial charge in [-0.1, -0.05) is 24.6 Å². The number of nitrogens with one attached hydrogen (secondary N) is 1. The molecular weight excluding hydrogens is 248 g/mol. The molecule has 1 atom stereocenters. The maximum atomic E-state index is 9.50. The first kappa shape index (κ1) is 17.0. The smallest absolute Gasteiger partial charge is 0.0610 e. The van der Waals surface area contributed by atoms with Gasteiger partial charge >= 0.3 is 0 Å².